The van der Waals surface area contributed by atoms with Crippen molar-refractivity contribution in [3.8, 4) is 5.75 Å². The molecule has 1 aliphatic heterocycles. The second-order valence-electron chi connectivity index (χ2n) is 8.54. The van der Waals surface area contributed by atoms with Crippen LogP contribution < -0.4 is 0 Å². The molecule has 0 bridgehead atoms. The smallest absolute Gasteiger partial charge is 0.261 e. The Labute approximate surface area is 154 Å². The number of β-amino-alcohol motifs (C(OH)–C–C–N with tert-alkyl or cyclic N) is 1. The number of aromatic hydroxyl groups is 1. The molecule has 4 nitrogen and oxygen atoms in total. The SMILES string of the molecule is CC(C)(C)c1cc(/C=C2\SCN(CCO)C2=O)cc(C(C)(C)C)c1O. The fraction of sp³-hybridized carbons (Fsp3) is 0.550. The lowest BCUT2D eigenvalue weighted by Crippen LogP contribution is -2.27. The summed E-state index contributed by atoms with van der Waals surface area (Å²) in [5.74, 6) is 0.873. The number of nitrogens with zero attached hydrogens (tertiary/aromatic N) is 1. The normalized spacial score (nSPS) is 17.6. The average molecular weight is 364 g/mol. The summed E-state index contributed by atoms with van der Waals surface area (Å²) in [6.45, 7) is 12.8. The maximum absolute atomic E-state index is 12.4. The van der Waals surface area contributed by atoms with Crippen LogP contribution in [0.2, 0.25) is 0 Å². The topological polar surface area (TPSA) is 60.8 Å². The minimum absolute atomic E-state index is 0.0267. The number of amides is 1. The summed E-state index contributed by atoms with van der Waals surface area (Å²) in [4.78, 5) is 14.7. The summed E-state index contributed by atoms with van der Waals surface area (Å²) in [5, 5.41) is 19.8. The Kier molecular flexibility index (Phi) is 5.59. The van der Waals surface area contributed by atoms with Crippen molar-refractivity contribution in [3.05, 3.63) is 33.7 Å². The number of aliphatic hydroxyl groups is 1. The summed E-state index contributed by atoms with van der Waals surface area (Å²) in [6, 6.07) is 3.94. The van der Waals surface area contributed by atoms with E-state index in [0.717, 1.165) is 16.7 Å². The number of hydrogen-bond donors (Lipinski definition) is 2. The summed E-state index contributed by atoms with van der Waals surface area (Å²) in [6.07, 6.45) is 1.90. The van der Waals surface area contributed by atoms with Gasteiger partial charge in [0.05, 0.1) is 17.4 Å². The van der Waals surface area contributed by atoms with Gasteiger partial charge in [0.15, 0.2) is 0 Å². The molecule has 5 heteroatoms. The van der Waals surface area contributed by atoms with Crippen molar-refractivity contribution in [3.63, 3.8) is 0 Å². The molecule has 0 unspecified atom stereocenters. The van der Waals surface area contributed by atoms with Crippen LogP contribution in [0.4, 0.5) is 0 Å². The highest BCUT2D eigenvalue weighted by molar-refractivity contribution is 8.04. The maximum atomic E-state index is 12.4. The first kappa shape index (κ1) is 19.9. The van der Waals surface area contributed by atoms with Gasteiger partial charge in [-0.25, -0.2) is 0 Å². The molecule has 0 saturated carbocycles. The average Bonchev–Trinajstić information content (AvgIpc) is 2.80. The zero-order valence-electron chi connectivity index (χ0n) is 16.0. The summed E-state index contributed by atoms with van der Waals surface area (Å²) < 4.78 is 0. The molecule has 0 atom stereocenters. The number of benzene rings is 1. The number of aliphatic hydroxyl groups excluding tert-OH is 1. The van der Waals surface area contributed by atoms with Crippen LogP contribution in [-0.4, -0.2) is 40.0 Å². The largest absolute Gasteiger partial charge is 0.507 e. The lowest BCUT2D eigenvalue weighted by Gasteiger charge is -2.28. The van der Waals surface area contributed by atoms with Crippen molar-refractivity contribution in [2.45, 2.75) is 52.4 Å². The molecule has 1 aliphatic rings. The van der Waals surface area contributed by atoms with E-state index in [2.05, 4.69) is 41.5 Å². The van der Waals surface area contributed by atoms with Crippen LogP contribution in [0.5, 0.6) is 5.75 Å². The zero-order chi connectivity index (χ0) is 19.0. The van der Waals surface area contributed by atoms with Crippen molar-refractivity contribution in [2.75, 3.05) is 19.0 Å². The molecule has 2 rings (SSSR count). The van der Waals surface area contributed by atoms with Gasteiger partial charge in [0.1, 0.15) is 5.75 Å². The highest BCUT2D eigenvalue weighted by Gasteiger charge is 2.28. The Balaban J connectivity index is 2.52. The third-order valence-electron chi connectivity index (χ3n) is 4.29. The van der Waals surface area contributed by atoms with Gasteiger partial charge < -0.3 is 15.1 Å². The predicted octanol–water partition coefficient (Wildman–Crippen LogP) is 3.85. The van der Waals surface area contributed by atoms with Crippen LogP contribution in [0.15, 0.2) is 17.0 Å². The number of phenolic OH excluding ortho intramolecular Hbond substituents is 1. The third kappa shape index (κ3) is 4.39. The highest BCUT2D eigenvalue weighted by Crippen LogP contribution is 2.41. The third-order valence-corrected chi connectivity index (χ3v) is 5.33. The highest BCUT2D eigenvalue weighted by atomic mass is 32.2. The molecule has 0 aliphatic carbocycles. The second-order valence-corrected chi connectivity index (χ2v) is 9.53. The molecule has 1 saturated heterocycles. The van der Waals surface area contributed by atoms with Gasteiger partial charge in [-0.3, -0.25) is 4.79 Å². The Morgan fingerprint density at radius 1 is 1.12 bits per heavy atom. The molecule has 25 heavy (non-hydrogen) atoms. The van der Waals surface area contributed by atoms with E-state index < -0.39 is 0 Å². The quantitative estimate of drug-likeness (QED) is 0.801. The molecule has 1 aromatic rings. The van der Waals surface area contributed by atoms with Gasteiger partial charge in [0.2, 0.25) is 0 Å². The first-order valence-corrected chi connectivity index (χ1v) is 9.56. The minimum Gasteiger partial charge on any atom is -0.507 e. The van der Waals surface area contributed by atoms with Crippen molar-refractivity contribution in [1.29, 1.82) is 0 Å². The number of rotatable bonds is 3. The van der Waals surface area contributed by atoms with E-state index in [0.29, 0.717) is 23.1 Å². The summed E-state index contributed by atoms with van der Waals surface area (Å²) >= 11 is 1.49. The molecular formula is C20H29NO3S. The van der Waals surface area contributed by atoms with E-state index in [9.17, 15) is 9.90 Å². The Morgan fingerprint density at radius 2 is 1.64 bits per heavy atom. The van der Waals surface area contributed by atoms with Crippen molar-refractivity contribution >= 4 is 23.7 Å². The van der Waals surface area contributed by atoms with Gasteiger partial charge >= 0.3 is 0 Å². The van der Waals surface area contributed by atoms with Crippen LogP contribution in [-0.2, 0) is 15.6 Å². The zero-order valence-corrected chi connectivity index (χ0v) is 16.8. The Bertz CT molecular complexity index is 661. The standard InChI is InChI=1S/C20H29NO3S/c1-19(2,3)14-9-13(10-15(17(14)23)20(4,5)6)11-16-18(24)21(7-8-22)12-25-16/h9-11,22-23H,7-8,12H2,1-6H3/b16-11-. The summed E-state index contributed by atoms with van der Waals surface area (Å²) in [5.41, 5.74) is 2.29. The molecule has 1 amide bonds. The lowest BCUT2D eigenvalue weighted by molar-refractivity contribution is -0.125. The van der Waals surface area contributed by atoms with Gasteiger partial charge in [-0.15, -0.1) is 0 Å². The number of thioether (sulfide) groups is 1. The van der Waals surface area contributed by atoms with Gasteiger partial charge in [-0.1, -0.05) is 53.3 Å². The van der Waals surface area contributed by atoms with Crippen molar-refractivity contribution in [1.82, 2.24) is 4.90 Å². The molecule has 2 N–H and O–H groups in total. The van der Waals surface area contributed by atoms with Crippen molar-refractivity contribution < 1.29 is 15.0 Å². The van der Waals surface area contributed by atoms with Gasteiger partial charge in [0.25, 0.3) is 5.91 Å². The monoisotopic (exact) mass is 363 g/mol. The molecule has 1 heterocycles. The first-order chi connectivity index (χ1) is 11.4. The minimum atomic E-state index is -0.200. The van der Waals surface area contributed by atoms with Crippen LogP contribution in [0, 0.1) is 0 Å². The predicted molar refractivity (Wildman–Crippen MR) is 105 cm³/mol. The van der Waals surface area contributed by atoms with E-state index in [4.69, 9.17) is 5.11 Å². The van der Waals surface area contributed by atoms with E-state index >= 15 is 0 Å². The molecule has 1 fully saturated rings. The van der Waals surface area contributed by atoms with Gasteiger partial charge in [-0.05, 0) is 34.6 Å². The summed E-state index contributed by atoms with van der Waals surface area (Å²) in [7, 11) is 0. The fourth-order valence-electron chi connectivity index (χ4n) is 2.85. The van der Waals surface area contributed by atoms with Crippen LogP contribution in [0.1, 0.15) is 58.2 Å². The number of phenols is 1. The second kappa shape index (κ2) is 7.04. The van der Waals surface area contributed by atoms with E-state index in [-0.39, 0.29) is 23.3 Å². The fourth-order valence-corrected chi connectivity index (χ4v) is 3.86. The van der Waals surface area contributed by atoms with E-state index in [1.807, 2.05) is 18.2 Å². The Morgan fingerprint density at radius 3 is 2.08 bits per heavy atom. The molecule has 0 radical (unpaired) electrons. The first-order valence-electron chi connectivity index (χ1n) is 8.57. The molecule has 138 valence electrons. The van der Waals surface area contributed by atoms with Gasteiger partial charge in [-0.2, -0.15) is 0 Å². The van der Waals surface area contributed by atoms with Gasteiger partial charge in [0, 0.05) is 17.7 Å². The molecule has 0 spiro atoms. The van der Waals surface area contributed by atoms with Crippen LogP contribution in [0.3, 0.4) is 0 Å². The van der Waals surface area contributed by atoms with Crippen LogP contribution in [0.25, 0.3) is 6.08 Å². The van der Waals surface area contributed by atoms with E-state index in [1.54, 1.807) is 4.90 Å². The maximum Gasteiger partial charge on any atom is 0.261 e. The molecular weight excluding hydrogens is 334 g/mol. The molecule has 0 aromatic heterocycles. The lowest BCUT2D eigenvalue weighted by atomic mass is 9.78. The number of carbonyl (C=O) groups is 1. The Hall–Kier alpha value is -1.46. The van der Waals surface area contributed by atoms with Crippen LogP contribution >= 0.6 is 11.8 Å². The number of carbonyl (C=O) groups excluding carboxylic acids is 1. The molecule has 1 aromatic carbocycles. The van der Waals surface area contributed by atoms with Crippen molar-refractivity contribution in [2.24, 2.45) is 0 Å². The number of hydrogen-bond acceptors (Lipinski definition) is 4. The van der Waals surface area contributed by atoms with E-state index in [1.165, 1.54) is 11.8 Å².